The summed E-state index contributed by atoms with van der Waals surface area (Å²) in [4.78, 5) is 33.9. The predicted octanol–water partition coefficient (Wildman–Crippen LogP) is 2.18. The van der Waals surface area contributed by atoms with E-state index in [-0.39, 0.29) is 11.5 Å². The molecular weight excluding hydrogens is 286 g/mol. The summed E-state index contributed by atoms with van der Waals surface area (Å²) in [7, 11) is 0. The maximum absolute atomic E-state index is 11.8. The van der Waals surface area contributed by atoms with Crippen LogP contribution in [0.4, 0.5) is 0 Å². The van der Waals surface area contributed by atoms with Crippen LogP contribution >= 0.6 is 0 Å². The van der Waals surface area contributed by atoms with Gasteiger partial charge in [0.25, 0.3) is 5.91 Å². The van der Waals surface area contributed by atoms with Crippen molar-refractivity contribution in [3.05, 3.63) is 47.7 Å². The number of nitrogens with two attached hydrogens (primary N) is 1. The Morgan fingerprint density at radius 2 is 1.73 bits per heavy atom. The van der Waals surface area contributed by atoms with Crippen LogP contribution in [0.25, 0.3) is 11.3 Å². The van der Waals surface area contributed by atoms with E-state index in [1.54, 1.807) is 30.3 Å². The number of carbonyl (C=O) groups is 3. The molecule has 2 aromatic rings. The van der Waals surface area contributed by atoms with E-state index in [1.807, 2.05) is 0 Å². The number of amides is 1. The third-order valence-corrected chi connectivity index (χ3v) is 3.07. The second kappa shape index (κ2) is 6.26. The van der Waals surface area contributed by atoms with E-state index >= 15 is 0 Å². The van der Waals surface area contributed by atoms with Crippen molar-refractivity contribution in [3.8, 4) is 11.3 Å². The van der Waals surface area contributed by atoms with Gasteiger partial charge in [-0.3, -0.25) is 9.59 Å². The highest BCUT2D eigenvalue weighted by molar-refractivity contribution is 5.94. The Morgan fingerprint density at radius 1 is 1.09 bits per heavy atom. The van der Waals surface area contributed by atoms with Gasteiger partial charge in [-0.05, 0) is 26.0 Å². The molecule has 6 nitrogen and oxygen atoms in total. The van der Waals surface area contributed by atoms with E-state index in [0.717, 1.165) is 0 Å². The first-order chi connectivity index (χ1) is 10.4. The average Bonchev–Trinajstić information content (AvgIpc) is 2.97. The highest BCUT2D eigenvalue weighted by Crippen LogP contribution is 2.23. The predicted molar refractivity (Wildman–Crippen MR) is 78.2 cm³/mol. The van der Waals surface area contributed by atoms with E-state index in [0.29, 0.717) is 16.9 Å². The van der Waals surface area contributed by atoms with Crippen molar-refractivity contribution < 1.29 is 23.5 Å². The molecule has 0 spiro atoms. The summed E-state index contributed by atoms with van der Waals surface area (Å²) in [5.41, 5.74) is 6.33. The van der Waals surface area contributed by atoms with Gasteiger partial charge in [-0.1, -0.05) is 24.3 Å². The van der Waals surface area contributed by atoms with Crippen LogP contribution in [-0.2, 0) is 9.53 Å². The monoisotopic (exact) mass is 301 g/mol. The molecule has 2 N–H and O–H groups in total. The third-order valence-electron chi connectivity index (χ3n) is 3.07. The maximum atomic E-state index is 11.8. The Bertz CT molecular complexity index is 714. The van der Waals surface area contributed by atoms with E-state index < -0.39 is 18.0 Å². The van der Waals surface area contributed by atoms with Gasteiger partial charge >= 0.3 is 5.97 Å². The first kappa shape index (κ1) is 15.5. The summed E-state index contributed by atoms with van der Waals surface area (Å²) >= 11 is 0. The summed E-state index contributed by atoms with van der Waals surface area (Å²) in [6.45, 7) is 2.86. The number of rotatable bonds is 5. The standard InChI is InChI=1S/C16H15NO5/c1-9(18)11-3-5-12(6-4-11)13-7-8-14(22-13)16(20)21-10(2)15(17)19/h3-8,10H,1-2H3,(H2,17,19)/t10-/m1/s1. The minimum Gasteiger partial charge on any atom is -0.449 e. The number of hydrogen-bond acceptors (Lipinski definition) is 5. The Labute approximate surface area is 126 Å². The summed E-state index contributed by atoms with van der Waals surface area (Å²) in [5.74, 6) is -1.11. The van der Waals surface area contributed by atoms with Crippen molar-refractivity contribution in [1.29, 1.82) is 0 Å². The average molecular weight is 301 g/mol. The molecule has 0 unspecified atom stereocenters. The Morgan fingerprint density at radius 3 is 2.27 bits per heavy atom. The fourth-order valence-corrected chi connectivity index (χ4v) is 1.75. The number of ether oxygens (including phenoxy) is 1. The lowest BCUT2D eigenvalue weighted by molar-refractivity contribution is -0.125. The number of primary amides is 1. The van der Waals surface area contributed by atoms with Gasteiger partial charge in [0.2, 0.25) is 5.76 Å². The molecule has 0 aliphatic carbocycles. The van der Waals surface area contributed by atoms with Crippen LogP contribution in [-0.4, -0.2) is 23.8 Å². The van der Waals surface area contributed by atoms with Gasteiger partial charge in [0.05, 0.1) is 0 Å². The van der Waals surface area contributed by atoms with Gasteiger partial charge in [-0.2, -0.15) is 0 Å². The van der Waals surface area contributed by atoms with Crippen molar-refractivity contribution in [3.63, 3.8) is 0 Å². The number of hydrogen-bond donors (Lipinski definition) is 1. The van der Waals surface area contributed by atoms with Gasteiger partial charge in [0.15, 0.2) is 11.9 Å². The van der Waals surface area contributed by atoms with E-state index in [1.165, 1.54) is 19.9 Å². The van der Waals surface area contributed by atoms with Crippen molar-refractivity contribution in [1.82, 2.24) is 0 Å². The first-order valence-corrected chi connectivity index (χ1v) is 6.60. The highest BCUT2D eigenvalue weighted by atomic mass is 16.6. The van der Waals surface area contributed by atoms with Crippen LogP contribution in [0.15, 0.2) is 40.8 Å². The van der Waals surface area contributed by atoms with Gasteiger partial charge in [0, 0.05) is 11.1 Å². The molecule has 0 radical (unpaired) electrons. The molecule has 0 saturated carbocycles. The molecule has 1 heterocycles. The quantitative estimate of drug-likeness (QED) is 0.674. The van der Waals surface area contributed by atoms with Gasteiger partial charge in [-0.15, -0.1) is 0 Å². The summed E-state index contributed by atoms with van der Waals surface area (Å²) in [6.07, 6.45) is -1.03. The lowest BCUT2D eigenvalue weighted by atomic mass is 10.1. The molecule has 2 rings (SSSR count). The van der Waals surface area contributed by atoms with Crippen LogP contribution < -0.4 is 5.73 Å². The molecule has 22 heavy (non-hydrogen) atoms. The van der Waals surface area contributed by atoms with E-state index in [2.05, 4.69) is 0 Å². The maximum Gasteiger partial charge on any atom is 0.375 e. The van der Waals surface area contributed by atoms with Crippen LogP contribution in [0.2, 0.25) is 0 Å². The molecular formula is C16H15NO5. The Kier molecular flexibility index (Phi) is 4.41. The van der Waals surface area contributed by atoms with Gasteiger partial charge < -0.3 is 14.9 Å². The summed E-state index contributed by atoms with van der Waals surface area (Å²) in [5, 5.41) is 0. The smallest absolute Gasteiger partial charge is 0.375 e. The lowest BCUT2D eigenvalue weighted by Gasteiger charge is -2.07. The number of furan rings is 1. The zero-order valence-electron chi connectivity index (χ0n) is 12.2. The van der Waals surface area contributed by atoms with E-state index in [4.69, 9.17) is 14.9 Å². The molecule has 0 aliphatic heterocycles. The van der Waals surface area contributed by atoms with Gasteiger partial charge in [0.1, 0.15) is 5.76 Å². The van der Waals surface area contributed by atoms with Crippen LogP contribution in [0.3, 0.4) is 0 Å². The number of carbonyl (C=O) groups excluding carboxylic acids is 3. The van der Waals surface area contributed by atoms with Crippen molar-refractivity contribution in [2.45, 2.75) is 20.0 Å². The summed E-state index contributed by atoms with van der Waals surface area (Å²) < 4.78 is 10.2. The molecule has 114 valence electrons. The van der Waals surface area contributed by atoms with Gasteiger partial charge in [-0.25, -0.2) is 4.79 Å². The normalized spacial score (nSPS) is 11.7. The van der Waals surface area contributed by atoms with Crippen LogP contribution in [0.5, 0.6) is 0 Å². The number of esters is 1. The fourth-order valence-electron chi connectivity index (χ4n) is 1.75. The second-order valence-corrected chi connectivity index (χ2v) is 4.75. The molecule has 1 aromatic heterocycles. The minimum atomic E-state index is -1.03. The van der Waals surface area contributed by atoms with E-state index in [9.17, 15) is 14.4 Å². The zero-order valence-corrected chi connectivity index (χ0v) is 12.2. The second-order valence-electron chi connectivity index (χ2n) is 4.75. The number of ketones is 1. The zero-order chi connectivity index (χ0) is 16.3. The highest BCUT2D eigenvalue weighted by Gasteiger charge is 2.19. The fraction of sp³-hybridized carbons (Fsp3) is 0.188. The molecule has 1 aromatic carbocycles. The Hall–Kier alpha value is -2.89. The van der Waals surface area contributed by atoms with Crippen molar-refractivity contribution >= 4 is 17.7 Å². The van der Waals surface area contributed by atoms with Crippen LogP contribution in [0.1, 0.15) is 34.8 Å². The molecule has 1 atom stereocenters. The lowest BCUT2D eigenvalue weighted by Crippen LogP contribution is -2.30. The summed E-state index contributed by atoms with van der Waals surface area (Å²) in [6, 6.07) is 9.84. The first-order valence-electron chi connectivity index (χ1n) is 6.60. The molecule has 0 aliphatic rings. The van der Waals surface area contributed by atoms with Crippen LogP contribution in [0, 0.1) is 0 Å². The SMILES string of the molecule is CC(=O)c1ccc(-c2ccc(C(=O)O[C@H](C)C(N)=O)o2)cc1. The number of benzene rings is 1. The minimum absolute atomic E-state index is 0.0289. The molecule has 0 bridgehead atoms. The van der Waals surface area contributed by atoms with Crippen molar-refractivity contribution in [2.75, 3.05) is 0 Å². The molecule has 1 amide bonds. The molecule has 0 saturated heterocycles. The molecule has 6 heteroatoms. The topological polar surface area (TPSA) is 99.6 Å². The largest absolute Gasteiger partial charge is 0.449 e. The molecule has 0 fully saturated rings. The number of Topliss-reactive ketones (excluding diaryl/α,β-unsaturated/α-hetero) is 1. The Balaban J connectivity index is 2.15. The third kappa shape index (κ3) is 3.41. The van der Waals surface area contributed by atoms with Crippen molar-refractivity contribution in [2.24, 2.45) is 5.73 Å².